The van der Waals surface area contributed by atoms with Crippen molar-refractivity contribution in [2.75, 3.05) is 11.9 Å². The lowest BCUT2D eigenvalue weighted by Crippen LogP contribution is -2.26. The first kappa shape index (κ1) is 14.0. The van der Waals surface area contributed by atoms with Gasteiger partial charge in [0.15, 0.2) is 0 Å². The lowest BCUT2D eigenvalue weighted by molar-refractivity contribution is -0.385. The van der Waals surface area contributed by atoms with Gasteiger partial charge in [0.05, 0.1) is 23.8 Å². The summed E-state index contributed by atoms with van der Waals surface area (Å²) in [5.41, 5.74) is 0.303. The number of pyridine rings is 1. The maximum atomic E-state index is 10.7. The Hall–Kier alpha value is -2.41. The summed E-state index contributed by atoms with van der Waals surface area (Å²) in [4.78, 5) is 14.4. The second kappa shape index (κ2) is 6.16. The standard InChI is InChI=1S/C13H15N3O4/c1-9-12(16(18)19)4-5-13(14-9)15-10(8-17)7-11-3-2-6-20-11/h2-6,10,17H,7-8H2,1H3,(H,14,15)/t10-/m1/s1. The van der Waals surface area contributed by atoms with E-state index in [1.165, 1.54) is 12.1 Å². The lowest BCUT2D eigenvalue weighted by atomic mass is 10.2. The minimum Gasteiger partial charge on any atom is -0.469 e. The van der Waals surface area contributed by atoms with E-state index in [9.17, 15) is 15.2 Å². The van der Waals surface area contributed by atoms with Crippen molar-refractivity contribution >= 4 is 11.5 Å². The number of hydrogen-bond acceptors (Lipinski definition) is 6. The van der Waals surface area contributed by atoms with Gasteiger partial charge in [-0.05, 0) is 25.1 Å². The smallest absolute Gasteiger partial charge is 0.290 e. The number of nitrogens with one attached hydrogen (secondary N) is 1. The summed E-state index contributed by atoms with van der Waals surface area (Å²) in [7, 11) is 0. The second-order valence-corrected chi connectivity index (χ2v) is 4.37. The molecule has 106 valence electrons. The average molecular weight is 277 g/mol. The van der Waals surface area contributed by atoms with Gasteiger partial charge in [-0.15, -0.1) is 0 Å². The van der Waals surface area contributed by atoms with Gasteiger partial charge >= 0.3 is 0 Å². The van der Waals surface area contributed by atoms with Crippen molar-refractivity contribution in [1.29, 1.82) is 0 Å². The van der Waals surface area contributed by atoms with Gasteiger partial charge in [0.25, 0.3) is 5.69 Å². The fourth-order valence-electron chi connectivity index (χ4n) is 1.87. The molecule has 1 atom stereocenters. The number of aliphatic hydroxyl groups is 1. The Kier molecular flexibility index (Phi) is 4.31. The van der Waals surface area contributed by atoms with E-state index in [1.54, 1.807) is 19.3 Å². The summed E-state index contributed by atoms with van der Waals surface area (Å²) in [6, 6.07) is 6.24. The lowest BCUT2D eigenvalue weighted by Gasteiger charge is -2.15. The molecule has 7 nitrogen and oxygen atoms in total. The molecule has 0 aromatic carbocycles. The number of aromatic nitrogens is 1. The van der Waals surface area contributed by atoms with Crippen molar-refractivity contribution in [2.45, 2.75) is 19.4 Å². The molecule has 0 unspecified atom stereocenters. The van der Waals surface area contributed by atoms with E-state index in [1.807, 2.05) is 6.07 Å². The van der Waals surface area contributed by atoms with Crippen molar-refractivity contribution in [1.82, 2.24) is 4.98 Å². The summed E-state index contributed by atoms with van der Waals surface area (Å²) in [6.45, 7) is 1.47. The molecule has 2 N–H and O–H groups in total. The van der Waals surface area contributed by atoms with Gasteiger partial charge in [-0.1, -0.05) is 0 Å². The van der Waals surface area contributed by atoms with Crippen molar-refractivity contribution in [3.05, 3.63) is 52.1 Å². The molecular weight excluding hydrogens is 262 g/mol. The van der Waals surface area contributed by atoms with E-state index in [-0.39, 0.29) is 18.3 Å². The quantitative estimate of drug-likeness (QED) is 0.617. The molecule has 0 fully saturated rings. The van der Waals surface area contributed by atoms with E-state index >= 15 is 0 Å². The van der Waals surface area contributed by atoms with Crippen molar-refractivity contribution in [3.8, 4) is 0 Å². The third kappa shape index (κ3) is 3.33. The van der Waals surface area contributed by atoms with Crippen molar-refractivity contribution in [2.24, 2.45) is 0 Å². The Balaban J connectivity index is 2.07. The van der Waals surface area contributed by atoms with Crippen LogP contribution >= 0.6 is 0 Å². The van der Waals surface area contributed by atoms with Crippen molar-refractivity contribution < 1.29 is 14.4 Å². The molecule has 0 bridgehead atoms. The van der Waals surface area contributed by atoms with Crippen LogP contribution in [-0.2, 0) is 6.42 Å². The number of hydrogen-bond donors (Lipinski definition) is 2. The Bertz CT molecular complexity index is 583. The number of nitro groups is 1. The topological polar surface area (TPSA) is 101 Å². The number of anilines is 1. The molecule has 0 radical (unpaired) electrons. The zero-order valence-corrected chi connectivity index (χ0v) is 10.9. The Morgan fingerprint density at radius 2 is 2.30 bits per heavy atom. The summed E-state index contributed by atoms with van der Waals surface area (Å²) >= 11 is 0. The summed E-state index contributed by atoms with van der Waals surface area (Å²) < 4.78 is 5.22. The van der Waals surface area contributed by atoms with Gasteiger partial charge in [-0.2, -0.15) is 0 Å². The highest BCUT2D eigenvalue weighted by Crippen LogP contribution is 2.18. The van der Waals surface area contributed by atoms with E-state index in [0.29, 0.717) is 17.9 Å². The predicted molar refractivity (Wildman–Crippen MR) is 72.5 cm³/mol. The Morgan fingerprint density at radius 1 is 1.50 bits per heavy atom. The predicted octanol–water partition coefficient (Wildman–Crippen LogP) is 1.91. The fraction of sp³-hybridized carbons (Fsp3) is 0.308. The van der Waals surface area contributed by atoms with Gasteiger partial charge in [-0.25, -0.2) is 4.98 Å². The number of rotatable bonds is 6. The molecule has 2 heterocycles. The third-order valence-electron chi connectivity index (χ3n) is 2.85. The molecule has 2 rings (SSSR count). The maximum Gasteiger partial charge on any atom is 0.290 e. The van der Waals surface area contributed by atoms with Gasteiger partial charge < -0.3 is 14.8 Å². The van der Waals surface area contributed by atoms with Crippen LogP contribution in [0.15, 0.2) is 34.9 Å². The van der Waals surface area contributed by atoms with Gasteiger partial charge in [-0.3, -0.25) is 10.1 Å². The highest BCUT2D eigenvalue weighted by atomic mass is 16.6. The summed E-state index contributed by atoms with van der Waals surface area (Å²) in [5, 5.41) is 23.1. The van der Waals surface area contributed by atoms with Crippen LogP contribution in [0.2, 0.25) is 0 Å². The summed E-state index contributed by atoms with van der Waals surface area (Å²) in [5.74, 6) is 1.23. The molecule has 2 aromatic heterocycles. The van der Waals surface area contributed by atoms with Crippen LogP contribution in [0.4, 0.5) is 11.5 Å². The molecule has 0 saturated heterocycles. The zero-order chi connectivity index (χ0) is 14.5. The fourth-order valence-corrected chi connectivity index (χ4v) is 1.87. The molecule has 0 amide bonds. The molecule has 0 aliphatic heterocycles. The van der Waals surface area contributed by atoms with Crippen LogP contribution in [0.3, 0.4) is 0 Å². The average Bonchev–Trinajstić information content (AvgIpc) is 2.90. The van der Waals surface area contributed by atoms with Crippen LogP contribution in [0.5, 0.6) is 0 Å². The van der Waals surface area contributed by atoms with Gasteiger partial charge in [0, 0.05) is 12.5 Å². The minimum absolute atomic E-state index is 0.0258. The molecule has 0 aliphatic rings. The van der Waals surface area contributed by atoms with E-state index in [0.717, 1.165) is 5.76 Å². The molecule has 0 aliphatic carbocycles. The molecular formula is C13H15N3O4. The normalized spacial score (nSPS) is 12.1. The monoisotopic (exact) mass is 277 g/mol. The van der Waals surface area contributed by atoms with Crippen molar-refractivity contribution in [3.63, 3.8) is 0 Å². The zero-order valence-electron chi connectivity index (χ0n) is 10.9. The molecule has 7 heteroatoms. The first-order valence-electron chi connectivity index (χ1n) is 6.12. The maximum absolute atomic E-state index is 10.7. The highest BCUT2D eigenvalue weighted by Gasteiger charge is 2.15. The largest absolute Gasteiger partial charge is 0.469 e. The first-order valence-corrected chi connectivity index (χ1v) is 6.12. The summed E-state index contributed by atoms with van der Waals surface area (Å²) in [6.07, 6.45) is 2.07. The first-order chi connectivity index (χ1) is 9.60. The highest BCUT2D eigenvalue weighted by molar-refractivity contribution is 5.45. The molecule has 0 spiro atoms. The Morgan fingerprint density at radius 3 is 2.85 bits per heavy atom. The molecule has 20 heavy (non-hydrogen) atoms. The minimum atomic E-state index is -0.474. The van der Waals surface area contributed by atoms with E-state index in [2.05, 4.69) is 10.3 Å². The van der Waals surface area contributed by atoms with E-state index in [4.69, 9.17) is 4.42 Å². The number of furan rings is 1. The van der Waals surface area contributed by atoms with E-state index < -0.39 is 4.92 Å². The number of nitrogens with zero attached hydrogens (tertiary/aromatic N) is 2. The number of aryl methyl sites for hydroxylation is 1. The molecule has 0 saturated carbocycles. The molecule has 2 aromatic rings. The van der Waals surface area contributed by atoms with Crippen LogP contribution in [0, 0.1) is 17.0 Å². The second-order valence-electron chi connectivity index (χ2n) is 4.37. The third-order valence-corrected chi connectivity index (χ3v) is 2.85. The van der Waals surface area contributed by atoms with Crippen LogP contribution < -0.4 is 5.32 Å². The van der Waals surface area contributed by atoms with Crippen LogP contribution in [-0.4, -0.2) is 27.7 Å². The van der Waals surface area contributed by atoms with Gasteiger partial charge in [0.2, 0.25) is 0 Å². The Labute approximate surface area is 115 Å². The number of aliphatic hydroxyl groups excluding tert-OH is 1. The van der Waals surface area contributed by atoms with Gasteiger partial charge in [0.1, 0.15) is 17.3 Å². The van der Waals surface area contributed by atoms with Crippen LogP contribution in [0.25, 0.3) is 0 Å². The van der Waals surface area contributed by atoms with Crippen LogP contribution in [0.1, 0.15) is 11.5 Å². The SMILES string of the molecule is Cc1nc(N[C@@H](CO)Cc2ccco2)ccc1[N+](=O)[O-].